The predicted molar refractivity (Wildman–Crippen MR) is 77.8 cm³/mol. The standard InChI is InChI=1S/C15H23N5O/c1-15(9-5-3-2-4-6-10-15)14-18-13(21-20-14)8-7-12-16-11-17-19-12/h11H,2-10H2,1H3,(H,16,17,19). The van der Waals surface area contributed by atoms with Gasteiger partial charge in [0.1, 0.15) is 12.2 Å². The van der Waals surface area contributed by atoms with Crippen LogP contribution in [0, 0.1) is 0 Å². The first kappa shape index (κ1) is 14.2. The average Bonchev–Trinajstić information content (AvgIpc) is 3.12. The summed E-state index contributed by atoms with van der Waals surface area (Å²) in [6.07, 6.45) is 11.8. The molecule has 0 amide bonds. The van der Waals surface area contributed by atoms with Crippen LogP contribution in [-0.4, -0.2) is 25.3 Å². The number of H-pyrrole nitrogens is 1. The van der Waals surface area contributed by atoms with E-state index in [9.17, 15) is 0 Å². The van der Waals surface area contributed by atoms with Crippen molar-refractivity contribution in [2.45, 2.75) is 70.1 Å². The lowest BCUT2D eigenvalue weighted by atomic mass is 9.77. The number of hydrogen-bond acceptors (Lipinski definition) is 5. The minimum absolute atomic E-state index is 0.0778. The van der Waals surface area contributed by atoms with Gasteiger partial charge in [-0.15, -0.1) is 0 Å². The van der Waals surface area contributed by atoms with Crippen LogP contribution in [0.5, 0.6) is 0 Å². The Morgan fingerprint density at radius 3 is 2.62 bits per heavy atom. The Hall–Kier alpha value is -1.72. The summed E-state index contributed by atoms with van der Waals surface area (Å²) in [6.45, 7) is 2.28. The predicted octanol–water partition coefficient (Wildman–Crippen LogP) is 2.97. The first-order valence-corrected chi connectivity index (χ1v) is 7.94. The van der Waals surface area contributed by atoms with Crippen molar-refractivity contribution >= 4 is 0 Å². The van der Waals surface area contributed by atoms with E-state index in [0.717, 1.165) is 30.9 Å². The van der Waals surface area contributed by atoms with Gasteiger partial charge in [0.2, 0.25) is 5.89 Å². The zero-order chi connectivity index (χ0) is 14.5. The van der Waals surface area contributed by atoms with Crippen LogP contribution in [0.1, 0.15) is 69.4 Å². The minimum Gasteiger partial charge on any atom is -0.339 e. The maximum absolute atomic E-state index is 5.43. The highest BCUT2D eigenvalue weighted by Crippen LogP contribution is 2.35. The zero-order valence-electron chi connectivity index (χ0n) is 12.6. The van der Waals surface area contributed by atoms with E-state index >= 15 is 0 Å². The maximum Gasteiger partial charge on any atom is 0.227 e. The molecule has 0 saturated heterocycles. The molecule has 1 fully saturated rings. The second-order valence-electron chi connectivity index (χ2n) is 6.27. The summed E-state index contributed by atoms with van der Waals surface area (Å²) >= 11 is 0. The third kappa shape index (κ3) is 3.49. The first-order chi connectivity index (χ1) is 10.3. The molecule has 2 heterocycles. The molecule has 1 aliphatic rings. The molecule has 0 aromatic carbocycles. The number of hydrogen-bond donors (Lipinski definition) is 1. The summed E-state index contributed by atoms with van der Waals surface area (Å²) < 4.78 is 5.43. The lowest BCUT2D eigenvalue weighted by Gasteiger charge is -2.27. The second kappa shape index (κ2) is 6.37. The van der Waals surface area contributed by atoms with Crippen LogP contribution in [0.3, 0.4) is 0 Å². The zero-order valence-corrected chi connectivity index (χ0v) is 12.6. The van der Waals surface area contributed by atoms with E-state index < -0.39 is 0 Å². The fourth-order valence-electron chi connectivity index (χ4n) is 3.09. The summed E-state index contributed by atoms with van der Waals surface area (Å²) in [5.41, 5.74) is 0.0778. The van der Waals surface area contributed by atoms with Gasteiger partial charge < -0.3 is 4.52 Å². The van der Waals surface area contributed by atoms with Crippen LogP contribution in [-0.2, 0) is 18.3 Å². The quantitative estimate of drug-likeness (QED) is 0.935. The molecule has 0 atom stereocenters. The van der Waals surface area contributed by atoms with Crippen LogP contribution < -0.4 is 0 Å². The molecule has 1 aliphatic carbocycles. The summed E-state index contributed by atoms with van der Waals surface area (Å²) in [4.78, 5) is 8.75. The van der Waals surface area contributed by atoms with E-state index in [2.05, 4.69) is 32.2 Å². The van der Waals surface area contributed by atoms with Crippen molar-refractivity contribution in [3.63, 3.8) is 0 Å². The summed E-state index contributed by atoms with van der Waals surface area (Å²) in [5, 5.41) is 10.9. The monoisotopic (exact) mass is 289 g/mol. The number of aryl methyl sites for hydroxylation is 2. The van der Waals surface area contributed by atoms with Gasteiger partial charge in [0.25, 0.3) is 0 Å². The molecule has 2 aromatic heterocycles. The Bertz CT molecular complexity index is 540. The van der Waals surface area contributed by atoms with Gasteiger partial charge in [0.05, 0.1) is 0 Å². The third-order valence-electron chi connectivity index (χ3n) is 4.51. The Kier molecular flexibility index (Phi) is 4.31. The van der Waals surface area contributed by atoms with E-state index in [4.69, 9.17) is 4.52 Å². The van der Waals surface area contributed by atoms with Gasteiger partial charge in [-0.05, 0) is 12.8 Å². The molecule has 0 unspecified atom stereocenters. The molecule has 21 heavy (non-hydrogen) atoms. The van der Waals surface area contributed by atoms with Gasteiger partial charge in [0, 0.05) is 18.3 Å². The van der Waals surface area contributed by atoms with Gasteiger partial charge >= 0.3 is 0 Å². The SMILES string of the molecule is CC1(c2noc(CCc3ncn[nH]3)n2)CCCCCCC1. The van der Waals surface area contributed by atoms with E-state index in [1.54, 1.807) is 0 Å². The fourth-order valence-corrected chi connectivity index (χ4v) is 3.09. The van der Waals surface area contributed by atoms with Crippen molar-refractivity contribution in [2.75, 3.05) is 0 Å². The van der Waals surface area contributed by atoms with Gasteiger partial charge in [-0.25, -0.2) is 4.98 Å². The lowest BCUT2D eigenvalue weighted by Crippen LogP contribution is -2.24. The summed E-state index contributed by atoms with van der Waals surface area (Å²) in [6, 6.07) is 0. The van der Waals surface area contributed by atoms with Crippen LogP contribution in [0.25, 0.3) is 0 Å². The highest BCUT2D eigenvalue weighted by molar-refractivity contribution is 5.05. The Labute approximate surface area is 124 Å². The third-order valence-corrected chi connectivity index (χ3v) is 4.51. The maximum atomic E-state index is 5.43. The van der Waals surface area contributed by atoms with Crippen molar-refractivity contribution < 1.29 is 4.52 Å². The Morgan fingerprint density at radius 2 is 1.90 bits per heavy atom. The minimum atomic E-state index is 0.0778. The molecule has 1 N–H and O–H groups in total. The second-order valence-corrected chi connectivity index (χ2v) is 6.27. The van der Waals surface area contributed by atoms with Crippen molar-refractivity contribution in [3.8, 4) is 0 Å². The largest absolute Gasteiger partial charge is 0.339 e. The highest BCUT2D eigenvalue weighted by Gasteiger charge is 2.31. The number of rotatable bonds is 4. The topological polar surface area (TPSA) is 80.5 Å². The van der Waals surface area contributed by atoms with Crippen molar-refractivity contribution in [1.82, 2.24) is 25.3 Å². The number of aromatic amines is 1. The lowest BCUT2D eigenvalue weighted by molar-refractivity contribution is 0.304. The van der Waals surface area contributed by atoms with E-state index in [1.165, 1.54) is 38.4 Å². The Morgan fingerprint density at radius 1 is 1.14 bits per heavy atom. The molecule has 1 saturated carbocycles. The van der Waals surface area contributed by atoms with Crippen LogP contribution in [0.2, 0.25) is 0 Å². The van der Waals surface area contributed by atoms with Gasteiger partial charge in [0.15, 0.2) is 5.82 Å². The van der Waals surface area contributed by atoms with E-state index in [0.29, 0.717) is 12.3 Å². The Balaban J connectivity index is 1.65. The molecule has 0 radical (unpaired) electrons. The van der Waals surface area contributed by atoms with E-state index in [1.807, 2.05) is 0 Å². The molecule has 0 bridgehead atoms. The van der Waals surface area contributed by atoms with E-state index in [-0.39, 0.29) is 5.41 Å². The molecule has 3 rings (SSSR count). The van der Waals surface area contributed by atoms with Crippen molar-refractivity contribution in [3.05, 3.63) is 23.9 Å². The molecule has 6 heteroatoms. The van der Waals surface area contributed by atoms with Gasteiger partial charge in [-0.1, -0.05) is 44.2 Å². The number of nitrogens with one attached hydrogen (secondary N) is 1. The number of aromatic nitrogens is 5. The normalized spacial score (nSPS) is 19.1. The molecular weight excluding hydrogens is 266 g/mol. The first-order valence-electron chi connectivity index (χ1n) is 7.94. The molecule has 0 spiro atoms. The molecule has 0 aliphatic heterocycles. The molecule has 2 aromatic rings. The molecular formula is C15H23N5O. The smallest absolute Gasteiger partial charge is 0.227 e. The van der Waals surface area contributed by atoms with Crippen molar-refractivity contribution in [2.24, 2.45) is 0 Å². The highest BCUT2D eigenvalue weighted by atomic mass is 16.5. The molecule has 114 valence electrons. The van der Waals surface area contributed by atoms with Crippen LogP contribution in [0.15, 0.2) is 10.9 Å². The summed E-state index contributed by atoms with van der Waals surface area (Å²) in [5.74, 6) is 2.44. The van der Waals surface area contributed by atoms with Crippen LogP contribution >= 0.6 is 0 Å². The summed E-state index contributed by atoms with van der Waals surface area (Å²) in [7, 11) is 0. The van der Waals surface area contributed by atoms with Crippen molar-refractivity contribution in [1.29, 1.82) is 0 Å². The van der Waals surface area contributed by atoms with Gasteiger partial charge in [-0.3, -0.25) is 5.10 Å². The fraction of sp³-hybridized carbons (Fsp3) is 0.733. The molecule has 6 nitrogen and oxygen atoms in total. The van der Waals surface area contributed by atoms with Gasteiger partial charge in [-0.2, -0.15) is 10.1 Å². The average molecular weight is 289 g/mol. The number of nitrogens with zero attached hydrogens (tertiary/aromatic N) is 4. The van der Waals surface area contributed by atoms with Crippen LogP contribution in [0.4, 0.5) is 0 Å².